The van der Waals surface area contributed by atoms with Crippen LogP contribution >= 0.6 is 11.6 Å². The predicted molar refractivity (Wildman–Crippen MR) is 142 cm³/mol. The van der Waals surface area contributed by atoms with Crippen LogP contribution in [0.25, 0.3) is 0 Å². The van der Waals surface area contributed by atoms with Gasteiger partial charge in [-0.05, 0) is 41.8 Å². The molecule has 0 spiro atoms. The van der Waals surface area contributed by atoms with Crippen molar-refractivity contribution in [3.8, 4) is 11.5 Å². The second-order valence-electron chi connectivity index (χ2n) is 8.44. The van der Waals surface area contributed by atoms with Gasteiger partial charge in [0.2, 0.25) is 5.91 Å². The fraction of sp³-hybridized carbons (Fsp3) is 0.310. The Morgan fingerprint density at radius 3 is 2.31 bits per heavy atom. The smallest absolute Gasteiger partial charge is 0.261 e. The number of carbonyl (C=O) groups is 2. The van der Waals surface area contributed by atoms with Crippen molar-refractivity contribution in [2.75, 3.05) is 20.3 Å². The van der Waals surface area contributed by atoms with Crippen molar-refractivity contribution in [1.82, 2.24) is 10.2 Å². The minimum atomic E-state index is -0.714. The second-order valence-corrected chi connectivity index (χ2v) is 8.85. The van der Waals surface area contributed by atoms with E-state index in [4.69, 9.17) is 21.1 Å². The van der Waals surface area contributed by atoms with Crippen molar-refractivity contribution >= 4 is 23.4 Å². The molecule has 7 heteroatoms. The highest BCUT2D eigenvalue weighted by Crippen LogP contribution is 2.24. The molecule has 0 unspecified atom stereocenters. The summed E-state index contributed by atoms with van der Waals surface area (Å²) in [5, 5.41) is 3.43. The molecule has 0 radical (unpaired) electrons. The number of hydrogen-bond acceptors (Lipinski definition) is 4. The first-order chi connectivity index (χ1) is 17.5. The Balaban J connectivity index is 1.89. The van der Waals surface area contributed by atoms with Gasteiger partial charge in [0.25, 0.3) is 5.91 Å². The van der Waals surface area contributed by atoms with E-state index in [1.54, 1.807) is 36.3 Å². The molecule has 0 aliphatic rings. The molecule has 1 atom stereocenters. The molecule has 36 heavy (non-hydrogen) atoms. The van der Waals surface area contributed by atoms with Crippen molar-refractivity contribution in [3.05, 3.63) is 95.0 Å². The Labute approximate surface area is 218 Å². The van der Waals surface area contributed by atoms with Gasteiger partial charge < -0.3 is 19.7 Å². The van der Waals surface area contributed by atoms with Gasteiger partial charge in [0.15, 0.2) is 6.61 Å². The van der Waals surface area contributed by atoms with E-state index in [0.717, 1.165) is 29.7 Å². The van der Waals surface area contributed by atoms with Gasteiger partial charge in [-0.2, -0.15) is 0 Å². The average molecular weight is 509 g/mol. The minimum Gasteiger partial charge on any atom is -0.497 e. The third kappa shape index (κ3) is 8.02. The molecule has 3 aromatic carbocycles. The van der Waals surface area contributed by atoms with Crippen LogP contribution < -0.4 is 14.8 Å². The molecule has 0 heterocycles. The van der Waals surface area contributed by atoms with E-state index in [1.165, 1.54) is 0 Å². The third-order valence-corrected chi connectivity index (χ3v) is 6.11. The molecule has 0 aliphatic heterocycles. The fourth-order valence-corrected chi connectivity index (χ4v) is 3.96. The molecule has 190 valence electrons. The summed E-state index contributed by atoms with van der Waals surface area (Å²) >= 11 is 6.21. The zero-order valence-corrected chi connectivity index (χ0v) is 21.5. The maximum absolute atomic E-state index is 13.6. The number of nitrogens with zero attached hydrogens (tertiary/aromatic N) is 1. The number of hydrogen-bond donors (Lipinski definition) is 1. The fourth-order valence-electron chi connectivity index (χ4n) is 3.77. The lowest BCUT2D eigenvalue weighted by Crippen LogP contribution is -2.51. The van der Waals surface area contributed by atoms with Crippen LogP contribution in [0.3, 0.4) is 0 Å². The lowest BCUT2D eigenvalue weighted by molar-refractivity contribution is -0.142. The van der Waals surface area contributed by atoms with Gasteiger partial charge in [-0.3, -0.25) is 9.59 Å². The summed E-state index contributed by atoms with van der Waals surface area (Å²) in [6.45, 7) is 2.63. The van der Waals surface area contributed by atoms with E-state index < -0.39 is 6.04 Å². The summed E-state index contributed by atoms with van der Waals surface area (Å²) in [7, 11) is 1.60. The van der Waals surface area contributed by atoms with Gasteiger partial charge in [0, 0.05) is 19.5 Å². The maximum Gasteiger partial charge on any atom is 0.261 e. The number of carbonyl (C=O) groups excluding carboxylic acids is 2. The number of unbranched alkanes of at least 4 members (excludes halogenated alkanes) is 1. The quantitative estimate of drug-likeness (QED) is 0.319. The van der Waals surface area contributed by atoms with Gasteiger partial charge in [-0.15, -0.1) is 0 Å². The van der Waals surface area contributed by atoms with Crippen LogP contribution in [-0.4, -0.2) is 43.0 Å². The Morgan fingerprint density at radius 1 is 0.944 bits per heavy atom. The molecule has 2 amide bonds. The average Bonchev–Trinajstić information content (AvgIpc) is 2.91. The number of ether oxygens (including phenoxy) is 2. The number of nitrogens with one attached hydrogen (secondary N) is 1. The molecule has 6 nitrogen and oxygen atoms in total. The lowest BCUT2D eigenvalue weighted by Gasteiger charge is -2.31. The second kappa shape index (κ2) is 14.1. The monoisotopic (exact) mass is 508 g/mol. The normalized spacial score (nSPS) is 11.4. The van der Waals surface area contributed by atoms with Crippen molar-refractivity contribution in [2.45, 2.75) is 38.8 Å². The van der Waals surface area contributed by atoms with E-state index in [0.29, 0.717) is 23.7 Å². The van der Waals surface area contributed by atoms with Crippen LogP contribution in [0.2, 0.25) is 5.02 Å². The Hall–Kier alpha value is -3.51. The van der Waals surface area contributed by atoms with Gasteiger partial charge in [0.05, 0.1) is 12.1 Å². The summed E-state index contributed by atoms with van der Waals surface area (Å²) in [4.78, 5) is 28.6. The van der Waals surface area contributed by atoms with Crippen LogP contribution in [-0.2, 0) is 22.6 Å². The molecular formula is C29H33ClN2O4. The van der Waals surface area contributed by atoms with Crippen LogP contribution in [0, 0.1) is 0 Å². The highest BCUT2D eigenvalue weighted by molar-refractivity contribution is 6.32. The molecule has 0 saturated heterocycles. The number of amides is 2. The Morgan fingerprint density at radius 2 is 1.64 bits per heavy atom. The predicted octanol–water partition coefficient (Wildman–Crippen LogP) is 5.28. The van der Waals surface area contributed by atoms with Gasteiger partial charge in [-0.1, -0.05) is 79.5 Å². The first-order valence-electron chi connectivity index (χ1n) is 12.1. The van der Waals surface area contributed by atoms with Crippen LogP contribution in [0.4, 0.5) is 0 Å². The van der Waals surface area contributed by atoms with E-state index in [9.17, 15) is 9.59 Å². The van der Waals surface area contributed by atoms with Crippen LogP contribution in [0.15, 0.2) is 78.9 Å². The van der Waals surface area contributed by atoms with Gasteiger partial charge >= 0.3 is 0 Å². The first-order valence-corrected chi connectivity index (χ1v) is 12.5. The number of rotatable bonds is 13. The van der Waals surface area contributed by atoms with E-state index in [-0.39, 0.29) is 25.0 Å². The largest absolute Gasteiger partial charge is 0.497 e. The summed E-state index contributed by atoms with van der Waals surface area (Å²) in [6.07, 6.45) is 2.21. The molecule has 0 fully saturated rings. The molecule has 3 rings (SSSR count). The van der Waals surface area contributed by atoms with Crippen LogP contribution in [0.5, 0.6) is 11.5 Å². The Kier molecular flexibility index (Phi) is 10.6. The molecule has 0 saturated carbocycles. The molecule has 0 bridgehead atoms. The molecular weight excluding hydrogens is 476 g/mol. The zero-order chi connectivity index (χ0) is 25.8. The summed E-state index contributed by atoms with van der Waals surface area (Å²) in [5.74, 6) is 0.643. The SMILES string of the molecule is CCCCNC(=O)[C@H](Cc1ccccc1)N(Cc1ccc(OC)cc1)C(=O)COc1ccccc1Cl. The minimum absolute atomic E-state index is 0.188. The van der Waals surface area contributed by atoms with Crippen molar-refractivity contribution in [2.24, 2.45) is 0 Å². The third-order valence-electron chi connectivity index (χ3n) is 5.80. The van der Waals surface area contributed by atoms with E-state index in [1.807, 2.05) is 54.6 Å². The summed E-state index contributed by atoms with van der Waals surface area (Å²) < 4.78 is 11.0. The van der Waals surface area contributed by atoms with Crippen LogP contribution in [0.1, 0.15) is 30.9 Å². The van der Waals surface area contributed by atoms with E-state index in [2.05, 4.69) is 12.2 Å². The highest BCUT2D eigenvalue weighted by Gasteiger charge is 2.30. The van der Waals surface area contributed by atoms with Crippen molar-refractivity contribution in [3.63, 3.8) is 0 Å². The highest BCUT2D eigenvalue weighted by atomic mass is 35.5. The number of methoxy groups -OCH3 is 1. The summed E-state index contributed by atoms with van der Waals surface area (Å²) in [6, 6.07) is 23.5. The van der Waals surface area contributed by atoms with Crippen molar-refractivity contribution < 1.29 is 19.1 Å². The molecule has 3 aromatic rings. The first kappa shape index (κ1) is 27.1. The van der Waals surface area contributed by atoms with Gasteiger partial charge in [0.1, 0.15) is 17.5 Å². The van der Waals surface area contributed by atoms with Crippen molar-refractivity contribution in [1.29, 1.82) is 0 Å². The number of benzene rings is 3. The van der Waals surface area contributed by atoms with E-state index >= 15 is 0 Å². The topological polar surface area (TPSA) is 67.9 Å². The number of para-hydroxylation sites is 1. The molecule has 1 N–H and O–H groups in total. The molecule has 0 aromatic heterocycles. The lowest BCUT2D eigenvalue weighted by atomic mass is 10.0. The Bertz CT molecular complexity index is 1110. The zero-order valence-electron chi connectivity index (χ0n) is 20.8. The number of halogens is 1. The van der Waals surface area contributed by atoms with Gasteiger partial charge in [-0.25, -0.2) is 0 Å². The standard InChI is InChI=1S/C29H33ClN2O4/c1-3-4-18-31-29(34)26(19-22-10-6-5-7-11-22)32(20-23-14-16-24(35-2)17-15-23)28(33)21-36-27-13-9-8-12-25(27)30/h5-17,26H,3-4,18-21H2,1-2H3,(H,31,34)/t26-/m0/s1. The molecule has 0 aliphatic carbocycles. The summed E-state index contributed by atoms with van der Waals surface area (Å²) in [5.41, 5.74) is 1.84. The maximum atomic E-state index is 13.6.